The van der Waals surface area contributed by atoms with Gasteiger partial charge in [-0.3, -0.25) is 9.69 Å². The van der Waals surface area contributed by atoms with Crippen molar-refractivity contribution in [2.75, 3.05) is 26.2 Å². The van der Waals surface area contributed by atoms with Gasteiger partial charge in [-0.15, -0.1) is 0 Å². The van der Waals surface area contributed by atoms with Crippen molar-refractivity contribution < 1.29 is 9.32 Å². The van der Waals surface area contributed by atoms with Crippen LogP contribution >= 0.6 is 23.2 Å². The number of aromatic nitrogens is 3. The smallest absolute Gasteiger partial charge is 0.258 e. The molecule has 0 aliphatic carbocycles. The van der Waals surface area contributed by atoms with E-state index in [1.807, 2.05) is 42.2 Å². The van der Waals surface area contributed by atoms with Crippen molar-refractivity contribution in [3.05, 3.63) is 87.7 Å². The number of hydrogen-bond acceptors (Lipinski definition) is 6. The summed E-state index contributed by atoms with van der Waals surface area (Å²) in [6.45, 7) is 5.43. The van der Waals surface area contributed by atoms with E-state index in [2.05, 4.69) is 32.2 Å². The fourth-order valence-corrected chi connectivity index (χ4v) is 4.58. The molecule has 5 rings (SSSR count). The quantitative estimate of drug-likeness (QED) is 0.338. The SMILES string of the molecule is Cc1ccc(C(=O)N2CCN(Cc3cccc(-c4noc(-c5cccc(Cl)c5)n4)c3)CC2)c(Cl)n1. The summed E-state index contributed by atoms with van der Waals surface area (Å²) in [4.78, 5) is 25.8. The zero-order chi connectivity index (χ0) is 24.4. The van der Waals surface area contributed by atoms with E-state index in [1.54, 1.807) is 18.2 Å². The van der Waals surface area contributed by atoms with Crippen molar-refractivity contribution in [2.24, 2.45) is 0 Å². The summed E-state index contributed by atoms with van der Waals surface area (Å²) in [5.41, 5.74) is 4.05. The van der Waals surface area contributed by atoms with E-state index in [9.17, 15) is 4.79 Å². The molecule has 7 nitrogen and oxygen atoms in total. The van der Waals surface area contributed by atoms with E-state index in [4.69, 9.17) is 27.7 Å². The minimum absolute atomic E-state index is 0.0724. The molecule has 1 amide bonds. The Morgan fingerprint density at radius 2 is 1.71 bits per heavy atom. The van der Waals surface area contributed by atoms with Crippen LogP contribution in [0.5, 0.6) is 0 Å². The molecule has 0 bridgehead atoms. The van der Waals surface area contributed by atoms with Crippen LogP contribution < -0.4 is 0 Å². The molecule has 2 aromatic carbocycles. The third-order valence-corrected chi connectivity index (χ3v) is 6.49. The van der Waals surface area contributed by atoms with E-state index < -0.39 is 0 Å². The number of carbonyl (C=O) groups is 1. The van der Waals surface area contributed by atoms with Crippen molar-refractivity contribution in [3.8, 4) is 22.8 Å². The van der Waals surface area contributed by atoms with Gasteiger partial charge in [-0.2, -0.15) is 4.98 Å². The molecule has 1 aliphatic heterocycles. The van der Waals surface area contributed by atoms with Crippen molar-refractivity contribution in [3.63, 3.8) is 0 Å². The van der Waals surface area contributed by atoms with Gasteiger partial charge in [0, 0.05) is 54.6 Å². The summed E-state index contributed by atoms with van der Waals surface area (Å²) in [5, 5.41) is 5.02. The number of piperazine rings is 1. The van der Waals surface area contributed by atoms with Crippen LogP contribution in [0.3, 0.4) is 0 Å². The maximum atomic E-state index is 12.9. The summed E-state index contributed by atoms with van der Waals surface area (Å²) in [6, 6.07) is 19.0. The number of pyridine rings is 1. The Labute approximate surface area is 213 Å². The Balaban J connectivity index is 1.22. The average molecular weight is 508 g/mol. The highest BCUT2D eigenvalue weighted by Gasteiger charge is 2.24. The lowest BCUT2D eigenvalue weighted by Gasteiger charge is -2.35. The molecule has 0 atom stereocenters. The Morgan fingerprint density at radius 3 is 2.49 bits per heavy atom. The van der Waals surface area contributed by atoms with Crippen molar-refractivity contribution >= 4 is 29.1 Å². The average Bonchev–Trinajstić information content (AvgIpc) is 3.35. The number of nitrogens with zero attached hydrogens (tertiary/aromatic N) is 5. The van der Waals surface area contributed by atoms with Gasteiger partial charge in [-0.05, 0) is 48.9 Å². The second-order valence-corrected chi connectivity index (χ2v) is 9.29. The molecule has 1 saturated heterocycles. The number of amides is 1. The molecule has 0 radical (unpaired) electrons. The van der Waals surface area contributed by atoms with Gasteiger partial charge in [-0.1, -0.05) is 52.6 Å². The van der Waals surface area contributed by atoms with Crippen LogP contribution in [0.1, 0.15) is 21.6 Å². The largest absolute Gasteiger partial charge is 0.336 e. The number of rotatable bonds is 5. The topological polar surface area (TPSA) is 75.4 Å². The standard InChI is InChI=1S/C26H23Cl2N5O2/c1-17-8-9-22(23(28)29-17)26(34)33-12-10-32(11-13-33)16-18-4-2-5-19(14-18)24-30-25(35-31-24)20-6-3-7-21(27)15-20/h2-9,14-15H,10-13,16H2,1H3. The van der Waals surface area contributed by atoms with E-state index in [1.165, 1.54) is 0 Å². The lowest BCUT2D eigenvalue weighted by Crippen LogP contribution is -2.48. The molecule has 35 heavy (non-hydrogen) atoms. The minimum atomic E-state index is -0.0724. The van der Waals surface area contributed by atoms with Crippen molar-refractivity contribution in [1.82, 2.24) is 24.9 Å². The second kappa shape index (κ2) is 10.2. The van der Waals surface area contributed by atoms with E-state index in [-0.39, 0.29) is 11.1 Å². The molecule has 3 heterocycles. The van der Waals surface area contributed by atoms with Crippen LogP contribution in [0.4, 0.5) is 0 Å². The van der Waals surface area contributed by atoms with Crippen LogP contribution in [0.25, 0.3) is 22.8 Å². The van der Waals surface area contributed by atoms with E-state index in [0.29, 0.717) is 35.4 Å². The van der Waals surface area contributed by atoms with E-state index in [0.717, 1.165) is 42.0 Å². The summed E-state index contributed by atoms with van der Waals surface area (Å²) >= 11 is 12.3. The molecule has 178 valence electrons. The first-order chi connectivity index (χ1) is 17.0. The molecule has 9 heteroatoms. The lowest BCUT2D eigenvalue weighted by molar-refractivity contribution is 0.0628. The number of carbonyl (C=O) groups excluding carboxylic acids is 1. The van der Waals surface area contributed by atoms with Gasteiger partial charge < -0.3 is 9.42 Å². The van der Waals surface area contributed by atoms with Gasteiger partial charge in [0.2, 0.25) is 5.82 Å². The van der Waals surface area contributed by atoms with E-state index >= 15 is 0 Å². The number of aryl methyl sites for hydroxylation is 1. The molecular weight excluding hydrogens is 485 g/mol. The van der Waals surface area contributed by atoms with Gasteiger partial charge in [0.1, 0.15) is 5.15 Å². The van der Waals surface area contributed by atoms with Gasteiger partial charge in [0.25, 0.3) is 11.8 Å². The highest BCUT2D eigenvalue weighted by molar-refractivity contribution is 6.32. The van der Waals surface area contributed by atoms with Gasteiger partial charge in [0.05, 0.1) is 5.56 Å². The Bertz CT molecular complexity index is 1370. The molecule has 4 aromatic rings. The minimum Gasteiger partial charge on any atom is -0.336 e. The van der Waals surface area contributed by atoms with Crippen LogP contribution in [0.15, 0.2) is 65.2 Å². The maximum absolute atomic E-state index is 12.9. The Kier molecular flexibility index (Phi) is 6.81. The molecule has 1 fully saturated rings. The molecule has 1 aliphatic rings. The fraction of sp³-hybridized carbons (Fsp3) is 0.231. The molecular formula is C26H23Cl2N5O2. The van der Waals surface area contributed by atoms with Crippen molar-refractivity contribution in [2.45, 2.75) is 13.5 Å². The van der Waals surface area contributed by atoms with Crippen LogP contribution in [0, 0.1) is 6.92 Å². The zero-order valence-electron chi connectivity index (χ0n) is 19.1. The summed E-state index contributed by atoms with van der Waals surface area (Å²) in [6.07, 6.45) is 0. The molecule has 0 N–H and O–H groups in total. The number of benzene rings is 2. The Hall–Kier alpha value is -3.26. The van der Waals surface area contributed by atoms with Gasteiger partial charge >= 0.3 is 0 Å². The van der Waals surface area contributed by atoms with Crippen LogP contribution in [-0.4, -0.2) is 57.0 Å². The summed E-state index contributed by atoms with van der Waals surface area (Å²) in [7, 11) is 0. The molecule has 2 aromatic heterocycles. The zero-order valence-corrected chi connectivity index (χ0v) is 20.6. The normalized spacial score (nSPS) is 14.3. The highest BCUT2D eigenvalue weighted by Crippen LogP contribution is 2.25. The first-order valence-corrected chi connectivity index (χ1v) is 12.1. The lowest BCUT2D eigenvalue weighted by atomic mass is 10.1. The first kappa shape index (κ1) is 23.5. The van der Waals surface area contributed by atoms with Gasteiger partial charge in [0.15, 0.2) is 0 Å². The third-order valence-electron chi connectivity index (χ3n) is 5.97. The molecule has 0 saturated carbocycles. The third kappa shape index (κ3) is 5.37. The predicted octanol–water partition coefficient (Wildman–Crippen LogP) is 5.37. The van der Waals surface area contributed by atoms with Crippen LogP contribution in [-0.2, 0) is 6.54 Å². The maximum Gasteiger partial charge on any atom is 0.258 e. The predicted molar refractivity (Wildman–Crippen MR) is 135 cm³/mol. The highest BCUT2D eigenvalue weighted by atomic mass is 35.5. The van der Waals surface area contributed by atoms with Crippen LogP contribution in [0.2, 0.25) is 10.2 Å². The Morgan fingerprint density at radius 1 is 0.943 bits per heavy atom. The number of hydrogen-bond donors (Lipinski definition) is 0. The second-order valence-electron chi connectivity index (χ2n) is 8.49. The summed E-state index contributed by atoms with van der Waals surface area (Å²) < 4.78 is 5.45. The fourth-order valence-electron chi connectivity index (χ4n) is 4.11. The van der Waals surface area contributed by atoms with Gasteiger partial charge in [-0.25, -0.2) is 4.98 Å². The molecule has 0 unspecified atom stereocenters. The first-order valence-electron chi connectivity index (χ1n) is 11.3. The number of halogens is 2. The molecule has 0 spiro atoms. The summed E-state index contributed by atoms with van der Waals surface area (Å²) in [5.74, 6) is 0.884. The van der Waals surface area contributed by atoms with Crippen molar-refractivity contribution in [1.29, 1.82) is 0 Å². The monoisotopic (exact) mass is 507 g/mol.